The standard InChI is InChI=1S/C33H35FN10O6S/c1-49-32(47)21-16-22(34)19(14-25(21)41-30(45)23(35)6-8-27(37)43-12-10-39-17-43)4-3-5-20-15-26(29(51-20)33(48)50-2)42-31(46)24(36)7-9-28(38)44-13-11-40-18-44/h6-18H,3-5,35-38H2,1-2H3,(H,41,45)(H,42,46)/b23-6-,24-7-,27-8+,28-9+. The Morgan fingerprint density at radius 3 is 1.84 bits per heavy atom. The number of imidazole rings is 2. The quantitative estimate of drug-likeness (QED) is 0.0625. The second kappa shape index (κ2) is 17.1. The van der Waals surface area contributed by atoms with E-state index in [1.54, 1.807) is 18.5 Å². The second-order valence-corrected chi connectivity index (χ2v) is 11.7. The van der Waals surface area contributed by atoms with Crippen LogP contribution in [0.3, 0.4) is 0 Å². The van der Waals surface area contributed by atoms with Crippen molar-refractivity contribution in [2.45, 2.75) is 19.3 Å². The van der Waals surface area contributed by atoms with Gasteiger partial charge >= 0.3 is 11.9 Å². The van der Waals surface area contributed by atoms with Gasteiger partial charge in [0.2, 0.25) is 0 Å². The number of anilines is 2. The van der Waals surface area contributed by atoms with Crippen molar-refractivity contribution in [2.24, 2.45) is 22.9 Å². The fraction of sp³-hybridized carbons (Fsp3) is 0.152. The lowest BCUT2D eigenvalue weighted by atomic mass is 10.0. The molecule has 4 aromatic rings. The van der Waals surface area contributed by atoms with Crippen LogP contribution in [0.2, 0.25) is 0 Å². The number of rotatable bonds is 14. The number of halogens is 1. The maximum Gasteiger partial charge on any atom is 0.350 e. The molecule has 10 N–H and O–H groups in total. The van der Waals surface area contributed by atoms with Crippen LogP contribution in [0.1, 0.15) is 36.9 Å². The number of hydrogen-bond donors (Lipinski definition) is 6. The molecule has 2 amide bonds. The zero-order valence-corrected chi connectivity index (χ0v) is 28.3. The van der Waals surface area contributed by atoms with E-state index in [0.29, 0.717) is 17.7 Å². The van der Waals surface area contributed by atoms with Crippen molar-refractivity contribution in [1.82, 2.24) is 19.1 Å². The molecular weight excluding hydrogens is 683 g/mol. The summed E-state index contributed by atoms with van der Waals surface area (Å²) in [4.78, 5) is 59.2. The van der Waals surface area contributed by atoms with E-state index in [2.05, 4.69) is 20.6 Å². The van der Waals surface area contributed by atoms with Gasteiger partial charge in [-0.25, -0.2) is 23.9 Å². The van der Waals surface area contributed by atoms with Crippen molar-refractivity contribution in [1.29, 1.82) is 0 Å². The highest BCUT2D eigenvalue weighted by molar-refractivity contribution is 7.14. The Balaban J connectivity index is 1.47. The number of amides is 2. The average molecular weight is 719 g/mol. The molecule has 0 atom stereocenters. The zero-order chi connectivity index (χ0) is 37.1. The summed E-state index contributed by atoms with van der Waals surface area (Å²) in [5.74, 6) is -3.21. The van der Waals surface area contributed by atoms with Gasteiger partial charge < -0.3 is 43.0 Å². The van der Waals surface area contributed by atoms with Crippen molar-refractivity contribution >= 4 is 58.1 Å². The summed E-state index contributed by atoms with van der Waals surface area (Å²) in [7, 11) is 2.33. The first-order valence-corrected chi connectivity index (χ1v) is 15.8. The maximum atomic E-state index is 15.2. The molecule has 18 heteroatoms. The summed E-state index contributed by atoms with van der Waals surface area (Å²) in [6.45, 7) is 0. The summed E-state index contributed by atoms with van der Waals surface area (Å²) >= 11 is 1.09. The van der Waals surface area contributed by atoms with E-state index >= 15 is 4.39 Å². The van der Waals surface area contributed by atoms with Crippen LogP contribution >= 0.6 is 11.3 Å². The summed E-state index contributed by atoms with van der Waals surface area (Å²) in [6, 6.07) is 3.90. The number of nitrogens with two attached hydrogens (primary N) is 4. The third-order valence-electron chi connectivity index (χ3n) is 7.11. The Morgan fingerprint density at radius 1 is 0.784 bits per heavy atom. The Morgan fingerprint density at radius 2 is 1.33 bits per heavy atom. The summed E-state index contributed by atoms with van der Waals surface area (Å²) in [5.41, 5.74) is 23.4. The molecule has 0 aliphatic heterocycles. The first-order chi connectivity index (χ1) is 24.4. The SMILES string of the molecule is COC(=O)c1cc(F)c(CCCc2cc(NC(=O)/C(N)=C/C=C(\N)n3ccnc3)c(C(=O)OC)s2)cc1NC(=O)/C(N)=C/C=C(\N)n1ccnc1. The van der Waals surface area contributed by atoms with E-state index in [1.165, 1.54) is 71.7 Å². The first-order valence-electron chi connectivity index (χ1n) is 15.0. The maximum absolute atomic E-state index is 15.2. The second-order valence-electron chi connectivity index (χ2n) is 10.6. The normalized spacial score (nSPS) is 12.4. The molecule has 3 heterocycles. The minimum Gasteiger partial charge on any atom is -0.465 e. The van der Waals surface area contributed by atoms with Crippen molar-refractivity contribution in [3.63, 3.8) is 0 Å². The van der Waals surface area contributed by atoms with Crippen LogP contribution in [0.5, 0.6) is 0 Å². The number of methoxy groups -OCH3 is 2. The van der Waals surface area contributed by atoms with Crippen LogP contribution < -0.4 is 33.6 Å². The number of thiophene rings is 1. The molecular formula is C33H35FN10O6S. The number of allylic oxidation sites excluding steroid dienone is 4. The van der Waals surface area contributed by atoms with Crippen molar-refractivity contribution in [3.8, 4) is 0 Å². The smallest absolute Gasteiger partial charge is 0.350 e. The number of nitrogens with one attached hydrogen (secondary N) is 2. The highest BCUT2D eigenvalue weighted by atomic mass is 32.1. The van der Waals surface area contributed by atoms with Crippen LogP contribution in [-0.4, -0.2) is 57.1 Å². The van der Waals surface area contributed by atoms with Crippen LogP contribution in [0.15, 0.2) is 91.3 Å². The van der Waals surface area contributed by atoms with Crippen LogP contribution in [0.25, 0.3) is 11.6 Å². The van der Waals surface area contributed by atoms with Gasteiger partial charge in [0.1, 0.15) is 35.0 Å². The van der Waals surface area contributed by atoms with E-state index in [4.69, 9.17) is 32.4 Å². The highest BCUT2D eigenvalue weighted by Crippen LogP contribution is 2.30. The number of carbonyl (C=O) groups is 4. The summed E-state index contributed by atoms with van der Waals surface area (Å²) < 4.78 is 27.9. The average Bonchev–Trinajstić information content (AvgIpc) is 3.93. The molecule has 0 aliphatic rings. The largest absolute Gasteiger partial charge is 0.465 e. The lowest BCUT2D eigenvalue weighted by Gasteiger charge is -2.13. The molecule has 0 bridgehead atoms. The van der Waals surface area contributed by atoms with Crippen molar-refractivity contribution in [3.05, 3.63) is 118 Å². The molecule has 0 unspecified atom stereocenters. The van der Waals surface area contributed by atoms with E-state index in [9.17, 15) is 19.2 Å². The topological polar surface area (TPSA) is 251 Å². The van der Waals surface area contributed by atoms with Crippen LogP contribution in [0.4, 0.5) is 15.8 Å². The molecule has 3 aromatic heterocycles. The van der Waals surface area contributed by atoms with Gasteiger partial charge in [-0.3, -0.25) is 18.7 Å². The molecule has 0 fully saturated rings. The summed E-state index contributed by atoms with van der Waals surface area (Å²) in [6.07, 6.45) is 15.5. The molecule has 16 nitrogen and oxygen atoms in total. The molecule has 51 heavy (non-hydrogen) atoms. The van der Waals surface area contributed by atoms with Gasteiger partial charge in [-0.15, -0.1) is 11.3 Å². The Hall–Kier alpha value is -6.69. The number of aryl methyl sites for hydroxylation is 2. The van der Waals surface area contributed by atoms with E-state index in [1.807, 2.05) is 0 Å². The highest BCUT2D eigenvalue weighted by Gasteiger charge is 2.21. The molecule has 1 aromatic carbocycles. The number of aromatic nitrogens is 4. The van der Waals surface area contributed by atoms with Crippen LogP contribution in [-0.2, 0) is 31.9 Å². The number of benzene rings is 1. The number of hydrogen-bond acceptors (Lipinski definition) is 13. The fourth-order valence-electron chi connectivity index (χ4n) is 4.43. The van der Waals surface area contributed by atoms with E-state index in [0.717, 1.165) is 24.5 Å². The number of esters is 2. The van der Waals surface area contributed by atoms with Gasteiger partial charge in [0.25, 0.3) is 11.8 Å². The van der Waals surface area contributed by atoms with Gasteiger partial charge in [-0.1, -0.05) is 0 Å². The van der Waals surface area contributed by atoms with Gasteiger partial charge in [-0.2, -0.15) is 0 Å². The summed E-state index contributed by atoms with van der Waals surface area (Å²) in [5, 5.41) is 5.15. The van der Waals surface area contributed by atoms with Gasteiger partial charge in [0, 0.05) is 29.7 Å². The third-order valence-corrected chi connectivity index (χ3v) is 8.28. The van der Waals surface area contributed by atoms with Crippen LogP contribution in [0, 0.1) is 5.82 Å². The minimum absolute atomic E-state index is 0.0208. The van der Waals surface area contributed by atoms with Gasteiger partial charge in [0.15, 0.2) is 0 Å². The Labute approximate surface area is 294 Å². The van der Waals surface area contributed by atoms with E-state index in [-0.39, 0.29) is 56.8 Å². The van der Waals surface area contributed by atoms with Crippen molar-refractivity contribution < 1.29 is 33.0 Å². The molecule has 266 valence electrons. The van der Waals surface area contributed by atoms with Gasteiger partial charge in [0.05, 0.1) is 42.6 Å². The fourth-order valence-corrected chi connectivity index (χ4v) is 5.51. The molecule has 0 spiro atoms. The molecule has 0 saturated heterocycles. The lowest BCUT2D eigenvalue weighted by Crippen LogP contribution is -2.22. The Kier molecular flexibility index (Phi) is 12.5. The zero-order valence-electron chi connectivity index (χ0n) is 27.5. The number of ether oxygens (including phenoxy) is 2. The molecule has 4 rings (SSSR count). The van der Waals surface area contributed by atoms with Crippen molar-refractivity contribution in [2.75, 3.05) is 24.9 Å². The molecule has 0 saturated carbocycles. The van der Waals surface area contributed by atoms with Gasteiger partial charge in [-0.05, 0) is 67.3 Å². The first kappa shape index (κ1) is 37.1. The monoisotopic (exact) mass is 718 g/mol. The third kappa shape index (κ3) is 9.70. The number of nitrogens with zero attached hydrogens (tertiary/aromatic N) is 4. The molecule has 0 radical (unpaired) electrons. The minimum atomic E-state index is -0.876. The predicted molar refractivity (Wildman–Crippen MR) is 189 cm³/mol. The lowest BCUT2D eigenvalue weighted by molar-refractivity contribution is -0.113. The number of carbonyl (C=O) groups excluding carboxylic acids is 4. The van der Waals surface area contributed by atoms with E-state index < -0.39 is 29.6 Å². The molecule has 0 aliphatic carbocycles. The predicted octanol–water partition coefficient (Wildman–Crippen LogP) is 2.51. The Bertz CT molecular complexity index is 2030.